The van der Waals surface area contributed by atoms with Gasteiger partial charge in [-0.1, -0.05) is 6.92 Å². The first-order valence-electron chi connectivity index (χ1n) is 8.64. The zero-order chi connectivity index (χ0) is 17.5. The molecule has 5 nitrogen and oxygen atoms in total. The topological polar surface area (TPSA) is 64.2 Å². The van der Waals surface area contributed by atoms with Gasteiger partial charge in [-0.3, -0.25) is 0 Å². The molecule has 1 unspecified atom stereocenters. The standard InChI is InChI=1S/C19H26N2O3/c1-4-8-21-14(2)10-16(15(21)3)11-17(12-20)19(22)24-13-18-7-5-6-9-23-18/h10-11,18H,4-9,13H2,1-3H3/b17-11-. The summed E-state index contributed by atoms with van der Waals surface area (Å²) in [6.07, 6.45) is 5.66. The minimum atomic E-state index is -0.577. The van der Waals surface area contributed by atoms with Crippen molar-refractivity contribution in [3.8, 4) is 6.07 Å². The van der Waals surface area contributed by atoms with Gasteiger partial charge in [0, 0.05) is 24.5 Å². The van der Waals surface area contributed by atoms with Crippen LogP contribution in [0.15, 0.2) is 11.6 Å². The lowest BCUT2D eigenvalue weighted by molar-refractivity contribution is -0.143. The smallest absolute Gasteiger partial charge is 0.348 e. The number of esters is 1. The molecule has 0 aliphatic carbocycles. The van der Waals surface area contributed by atoms with E-state index >= 15 is 0 Å². The average Bonchev–Trinajstić information content (AvgIpc) is 2.86. The summed E-state index contributed by atoms with van der Waals surface area (Å²) in [6, 6.07) is 3.96. The molecule has 1 atom stereocenters. The summed E-state index contributed by atoms with van der Waals surface area (Å²) in [6.45, 7) is 8.02. The van der Waals surface area contributed by atoms with E-state index in [2.05, 4.69) is 11.5 Å². The number of nitrogens with zero attached hydrogens (tertiary/aromatic N) is 2. The summed E-state index contributed by atoms with van der Waals surface area (Å²) >= 11 is 0. The Balaban J connectivity index is 2.06. The molecule has 0 spiro atoms. The quantitative estimate of drug-likeness (QED) is 0.455. The van der Waals surface area contributed by atoms with Gasteiger partial charge in [0.25, 0.3) is 0 Å². The lowest BCUT2D eigenvalue weighted by Gasteiger charge is -2.21. The first-order valence-corrected chi connectivity index (χ1v) is 8.64. The molecule has 2 heterocycles. The van der Waals surface area contributed by atoms with Crippen molar-refractivity contribution < 1.29 is 14.3 Å². The molecule has 0 bridgehead atoms. The molecule has 1 aromatic rings. The highest BCUT2D eigenvalue weighted by Gasteiger charge is 2.18. The van der Waals surface area contributed by atoms with Crippen molar-refractivity contribution in [1.82, 2.24) is 4.57 Å². The van der Waals surface area contributed by atoms with Crippen LogP contribution in [0, 0.1) is 25.2 Å². The Morgan fingerprint density at radius 3 is 2.92 bits per heavy atom. The van der Waals surface area contributed by atoms with Crippen molar-refractivity contribution in [2.45, 2.75) is 59.1 Å². The zero-order valence-electron chi connectivity index (χ0n) is 14.8. The predicted molar refractivity (Wildman–Crippen MR) is 92.3 cm³/mol. The molecule has 1 aliphatic rings. The van der Waals surface area contributed by atoms with Crippen LogP contribution in [0.1, 0.15) is 49.6 Å². The van der Waals surface area contributed by atoms with Crippen LogP contribution in [0.2, 0.25) is 0 Å². The summed E-state index contributed by atoms with van der Waals surface area (Å²) in [7, 11) is 0. The molecule has 1 aliphatic heterocycles. The highest BCUT2D eigenvalue weighted by molar-refractivity contribution is 5.98. The Bertz CT molecular complexity index is 646. The second kappa shape index (κ2) is 8.70. The molecule has 2 rings (SSSR count). The fraction of sp³-hybridized carbons (Fsp3) is 0.579. The van der Waals surface area contributed by atoms with Gasteiger partial charge in [-0.15, -0.1) is 0 Å². The third kappa shape index (κ3) is 4.48. The molecule has 0 saturated carbocycles. The Kier molecular flexibility index (Phi) is 6.62. The summed E-state index contributed by atoms with van der Waals surface area (Å²) in [4.78, 5) is 12.2. The van der Waals surface area contributed by atoms with E-state index in [1.807, 2.05) is 26.0 Å². The van der Waals surface area contributed by atoms with Crippen LogP contribution in [0.3, 0.4) is 0 Å². The number of aryl methyl sites for hydroxylation is 1. The normalized spacial score (nSPS) is 18.2. The molecule has 1 saturated heterocycles. The van der Waals surface area contributed by atoms with Crippen molar-refractivity contribution in [3.05, 3.63) is 28.6 Å². The van der Waals surface area contributed by atoms with Gasteiger partial charge in [0.15, 0.2) is 0 Å². The first kappa shape index (κ1) is 18.3. The van der Waals surface area contributed by atoms with Crippen LogP contribution in [0.5, 0.6) is 0 Å². The zero-order valence-corrected chi connectivity index (χ0v) is 14.8. The van der Waals surface area contributed by atoms with Crippen LogP contribution in [-0.2, 0) is 20.8 Å². The molecular weight excluding hydrogens is 304 g/mol. The number of hydrogen-bond donors (Lipinski definition) is 0. The second-order valence-corrected chi connectivity index (χ2v) is 6.23. The number of carbonyl (C=O) groups excluding carboxylic acids is 1. The van der Waals surface area contributed by atoms with Crippen LogP contribution in [0.25, 0.3) is 6.08 Å². The number of ether oxygens (including phenoxy) is 2. The molecular formula is C19H26N2O3. The van der Waals surface area contributed by atoms with Gasteiger partial charge in [-0.25, -0.2) is 4.79 Å². The van der Waals surface area contributed by atoms with E-state index in [0.29, 0.717) is 6.61 Å². The van der Waals surface area contributed by atoms with Crippen LogP contribution >= 0.6 is 0 Å². The minimum absolute atomic E-state index is 0.0301. The molecule has 1 fully saturated rings. The largest absolute Gasteiger partial charge is 0.459 e. The van der Waals surface area contributed by atoms with E-state index < -0.39 is 5.97 Å². The Labute approximate surface area is 143 Å². The summed E-state index contributed by atoms with van der Waals surface area (Å²) < 4.78 is 13.0. The molecule has 24 heavy (non-hydrogen) atoms. The number of rotatable bonds is 6. The third-order valence-electron chi connectivity index (χ3n) is 4.37. The molecule has 0 N–H and O–H groups in total. The summed E-state index contributed by atoms with van der Waals surface area (Å²) in [5.74, 6) is -0.577. The molecule has 5 heteroatoms. The van der Waals surface area contributed by atoms with Crippen molar-refractivity contribution in [2.24, 2.45) is 0 Å². The molecule has 0 amide bonds. The van der Waals surface area contributed by atoms with Gasteiger partial charge in [0.2, 0.25) is 0 Å². The lowest BCUT2D eigenvalue weighted by atomic mass is 10.1. The monoisotopic (exact) mass is 330 g/mol. The van der Waals surface area contributed by atoms with Gasteiger partial charge < -0.3 is 14.0 Å². The second-order valence-electron chi connectivity index (χ2n) is 6.23. The Morgan fingerprint density at radius 1 is 1.50 bits per heavy atom. The first-order chi connectivity index (χ1) is 11.6. The summed E-state index contributed by atoms with van der Waals surface area (Å²) in [5.41, 5.74) is 3.11. The number of aromatic nitrogens is 1. The highest BCUT2D eigenvalue weighted by atomic mass is 16.6. The maximum atomic E-state index is 12.2. The van der Waals surface area contributed by atoms with E-state index in [1.54, 1.807) is 6.08 Å². The SMILES string of the molecule is CCCn1c(C)cc(/C=C(/C#N)C(=O)OCC2CCCCO2)c1C. The van der Waals surface area contributed by atoms with E-state index in [-0.39, 0.29) is 18.3 Å². The van der Waals surface area contributed by atoms with Crippen LogP contribution < -0.4 is 0 Å². The Hall–Kier alpha value is -2.06. The highest BCUT2D eigenvalue weighted by Crippen LogP contribution is 2.19. The fourth-order valence-corrected chi connectivity index (χ4v) is 3.02. The average molecular weight is 330 g/mol. The van der Waals surface area contributed by atoms with E-state index in [1.165, 1.54) is 0 Å². The predicted octanol–water partition coefficient (Wildman–Crippen LogP) is 3.53. The van der Waals surface area contributed by atoms with Crippen LogP contribution in [0.4, 0.5) is 0 Å². The minimum Gasteiger partial charge on any atom is -0.459 e. The van der Waals surface area contributed by atoms with Crippen LogP contribution in [-0.4, -0.2) is 29.9 Å². The molecule has 0 radical (unpaired) electrons. The fourth-order valence-electron chi connectivity index (χ4n) is 3.02. The van der Waals surface area contributed by atoms with Gasteiger partial charge in [-0.05, 0) is 57.2 Å². The number of hydrogen-bond acceptors (Lipinski definition) is 4. The van der Waals surface area contributed by atoms with Gasteiger partial charge in [-0.2, -0.15) is 5.26 Å². The lowest BCUT2D eigenvalue weighted by Crippen LogP contribution is -2.26. The van der Waals surface area contributed by atoms with Gasteiger partial charge in [0.1, 0.15) is 18.2 Å². The van der Waals surface area contributed by atoms with Crippen molar-refractivity contribution >= 4 is 12.0 Å². The van der Waals surface area contributed by atoms with Gasteiger partial charge in [0.05, 0.1) is 6.10 Å². The number of carbonyl (C=O) groups is 1. The summed E-state index contributed by atoms with van der Waals surface area (Å²) in [5, 5.41) is 9.31. The van der Waals surface area contributed by atoms with E-state index in [9.17, 15) is 10.1 Å². The molecule has 0 aromatic carbocycles. The third-order valence-corrected chi connectivity index (χ3v) is 4.37. The molecule has 130 valence electrons. The Morgan fingerprint density at radius 2 is 2.29 bits per heavy atom. The van der Waals surface area contributed by atoms with Crippen molar-refractivity contribution in [3.63, 3.8) is 0 Å². The van der Waals surface area contributed by atoms with Crippen molar-refractivity contribution in [1.29, 1.82) is 5.26 Å². The van der Waals surface area contributed by atoms with E-state index in [0.717, 1.165) is 49.2 Å². The van der Waals surface area contributed by atoms with E-state index in [4.69, 9.17) is 9.47 Å². The maximum Gasteiger partial charge on any atom is 0.348 e. The molecule has 1 aromatic heterocycles. The van der Waals surface area contributed by atoms with Gasteiger partial charge >= 0.3 is 5.97 Å². The maximum absolute atomic E-state index is 12.2. The number of nitriles is 1. The van der Waals surface area contributed by atoms with Crippen molar-refractivity contribution in [2.75, 3.05) is 13.2 Å².